The van der Waals surface area contributed by atoms with Gasteiger partial charge >= 0.3 is 0 Å². The lowest BCUT2D eigenvalue weighted by Gasteiger charge is -2.27. The van der Waals surface area contributed by atoms with Gasteiger partial charge in [0.25, 0.3) is 0 Å². The molecule has 140 valence electrons. The van der Waals surface area contributed by atoms with Gasteiger partial charge in [-0.2, -0.15) is 0 Å². The number of benzene rings is 2. The second kappa shape index (κ2) is 7.92. The van der Waals surface area contributed by atoms with Crippen molar-refractivity contribution in [2.24, 2.45) is 5.92 Å². The number of hydrogen-bond donors (Lipinski definition) is 1. The third-order valence-electron chi connectivity index (χ3n) is 4.82. The standard InChI is InChI=1S/C20H25NO3S2/c1-3-4-8-15-13-21(16-9-6-5-7-10-16)17-11-19(25-2)18(22)12-20(17)26(23,24)14-15/h5-7,9-12,15,22H,3-4,8,13-14H2,1-2H3. The molecule has 1 heterocycles. The van der Waals surface area contributed by atoms with Crippen molar-refractivity contribution in [3.05, 3.63) is 42.5 Å². The van der Waals surface area contributed by atoms with Crippen LogP contribution in [0, 0.1) is 5.92 Å². The molecule has 2 aromatic carbocycles. The summed E-state index contributed by atoms with van der Waals surface area (Å²) in [5.74, 6) is 0.216. The maximum absolute atomic E-state index is 13.1. The molecule has 1 aliphatic rings. The molecule has 1 aliphatic heterocycles. The van der Waals surface area contributed by atoms with E-state index in [1.807, 2.05) is 42.7 Å². The van der Waals surface area contributed by atoms with Gasteiger partial charge in [-0.15, -0.1) is 11.8 Å². The number of phenolic OH excluding ortho intramolecular Hbond substituents is 1. The molecule has 0 saturated carbocycles. The summed E-state index contributed by atoms with van der Waals surface area (Å²) in [5, 5.41) is 10.3. The van der Waals surface area contributed by atoms with Crippen molar-refractivity contribution in [1.82, 2.24) is 0 Å². The Morgan fingerprint density at radius 3 is 2.62 bits per heavy atom. The number of anilines is 2. The minimum Gasteiger partial charge on any atom is -0.507 e. The van der Waals surface area contributed by atoms with E-state index in [1.54, 1.807) is 0 Å². The minimum atomic E-state index is -3.46. The van der Waals surface area contributed by atoms with Crippen LogP contribution in [0.15, 0.2) is 52.3 Å². The monoisotopic (exact) mass is 391 g/mol. The number of rotatable bonds is 5. The molecule has 3 rings (SSSR count). The van der Waals surface area contributed by atoms with E-state index in [0.29, 0.717) is 17.1 Å². The fraction of sp³-hybridized carbons (Fsp3) is 0.400. The first-order chi connectivity index (χ1) is 12.5. The van der Waals surface area contributed by atoms with Gasteiger partial charge in [-0.05, 0) is 36.8 Å². The number of para-hydroxylation sites is 1. The molecule has 2 aromatic rings. The Balaban J connectivity index is 2.17. The van der Waals surface area contributed by atoms with Crippen LogP contribution in [0.25, 0.3) is 0 Å². The zero-order chi connectivity index (χ0) is 18.7. The number of phenols is 1. The van der Waals surface area contributed by atoms with Crippen molar-refractivity contribution in [3.63, 3.8) is 0 Å². The largest absolute Gasteiger partial charge is 0.507 e. The fourth-order valence-corrected chi connectivity index (χ4v) is 5.84. The summed E-state index contributed by atoms with van der Waals surface area (Å²) in [4.78, 5) is 3.02. The van der Waals surface area contributed by atoms with Crippen LogP contribution in [0.5, 0.6) is 5.75 Å². The molecule has 0 aliphatic carbocycles. The Hall–Kier alpha value is -1.66. The van der Waals surface area contributed by atoms with Crippen molar-refractivity contribution in [2.75, 3.05) is 23.5 Å². The number of thioether (sulfide) groups is 1. The maximum atomic E-state index is 13.1. The van der Waals surface area contributed by atoms with Gasteiger partial charge in [-0.3, -0.25) is 0 Å². The van der Waals surface area contributed by atoms with E-state index in [1.165, 1.54) is 17.8 Å². The molecule has 26 heavy (non-hydrogen) atoms. The lowest BCUT2D eigenvalue weighted by atomic mass is 10.0. The fourth-order valence-electron chi connectivity index (χ4n) is 3.49. The van der Waals surface area contributed by atoms with Crippen molar-refractivity contribution in [2.45, 2.75) is 36.0 Å². The number of nitrogens with zero attached hydrogens (tertiary/aromatic N) is 1. The lowest BCUT2D eigenvalue weighted by Crippen LogP contribution is -2.26. The summed E-state index contributed by atoms with van der Waals surface area (Å²) >= 11 is 1.42. The molecular formula is C20H25NO3S2. The van der Waals surface area contributed by atoms with Gasteiger partial charge in [-0.1, -0.05) is 38.0 Å². The Labute approximate surface area is 160 Å². The predicted octanol–water partition coefficient (Wildman–Crippen LogP) is 4.85. The van der Waals surface area contributed by atoms with Gasteiger partial charge in [0.15, 0.2) is 9.84 Å². The summed E-state index contributed by atoms with van der Waals surface area (Å²) in [6, 6.07) is 13.1. The Bertz CT molecular complexity index is 866. The smallest absolute Gasteiger partial charge is 0.180 e. The first-order valence-electron chi connectivity index (χ1n) is 8.92. The van der Waals surface area contributed by atoms with E-state index in [2.05, 4.69) is 11.8 Å². The zero-order valence-corrected chi connectivity index (χ0v) is 16.8. The number of sulfone groups is 1. The third kappa shape index (κ3) is 3.86. The SMILES string of the molecule is CCCCC1CN(c2ccccc2)c2cc(SC)c(O)cc2S(=O)(=O)C1. The molecule has 0 fully saturated rings. The van der Waals surface area contributed by atoms with Gasteiger partial charge < -0.3 is 10.0 Å². The second-order valence-corrected chi connectivity index (χ2v) is 9.58. The van der Waals surface area contributed by atoms with Gasteiger partial charge in [0, 0.05) is 18.3 Å². The summed E-state index contributed by atoms with van der Waals surface area (Å²) < 4.78 is 26.1. The van der Waals surface area contributed by atoms with Crippen LogP contribution in [0.4, 0.5) is 11.4 Å². The van der Waals surface area contributed by atoms with Crippen LogP contribution in [0.2, 0.25) is 0 Å². The molecule has 1 N–H and O–H groups in total. The van der Waals surface area contributed by atoms with Crippen LogP contribution in [0.3, 0.4) is 0 Å². The first kappa shape index (κ1) is 19.1. The highest BCUT2D eigenvalue weighted by Crippen LogP contribution is 2.42. The Kier molecular flexibility index (Phi) is 5.82. The van der Waals surface area contributed by atoms with Crippen molar-refractivity contribution < 1.29 is 13.5 Å². The normalized spacial score (nSPS) is 19.0. The number of aromatic hydroxyl groups is 1. The van der Waals surface area contributed by atoms with Crippen LogP contribution in [-0.2, 0) is 9.84 Å². The average Bonchev–Trinajstić information content (AvgIpc) is 2.74. The van der Waals surface area contributed by atoms with E-state index in [0.717, 1.165) is 24.9 Å². The van der Waals surface area contributed by atoms with Crippen molar-refractivity contribution in [3.8, 4) is 5.75 Å². The highest BCUT2D eigenvalue weighted by molar-refractivity contribution is 7.98. The van der Waals surface area contributed by atoms with Crippen LogP contribution < -0.4 is 4.90 Å². The molecule has 0 saturated heterocycles. The second-order valence-electron chi connectivity index (χ2n) is 6.73. The molecule has 1 atom stereocenters. The summed E-state index contributed by atoms with van der Waals surface area (Å²) in [5.41, 5.74) is 1.64. The lowest BCUT2D eigenvalue weighted by molar-refractivity contribution is 0.460. The maximum Gasteiger partial charge on any atom is 0.180 e. The average molecular weight is 392 g/mol. The quantitative estimate of drug-likeness (QED) is 0.739. The predicted molar refractivity (Wildman–Crippen MR) is 108 cm³/mol. The summed E-state index contributed by atoms with van der Waals surface area (Å²) in [7, 11) is -3.46. The topological polar surface area (TPSA) is 57.6 Å². The molecule has 0 radical (unpaired) electrons. The number of fused-ring (bicyclic) bond motifs is 1. The Morgan fingerprint density at radius 1 is 1.23 bits per heavy atom. The van der Waals surface area contributed by atoms with E-state index in [4.69, 9.17) is 0 Å². The molecule has 4 nitrogen and oxygen atoms in total. The molecular weight excluding hydrogens is 366 g/mol. The number of unbranched alkanes of at least 4 members (excludes halogenated alkanes) is 1. The minimum absolute atomic E-state index is 0.0276. The summed E-state index contributed by atoms with van der Waals surface area (Å²) in [6.07, 6.45) is 4.82. The highest BCUT2D eigenvalue weighted by Gasteiger charge is 2.33. The van der Waals surface area contributed by atoms with E-state index >= 15 is 0 Å². The van der Waals surface area contributed by atoms with Gasteiger partial charge in [0.1, 0.15) is 5.75 Å². The molecule has 1 unspecified atom stereocenters. The molecule has 0 aromatic heterocycles. The summed E-state index contributed by atoms with van der Waals surface area (Å²) in [6.45, 7) is 2.78. The van der Waals surface area contributed by atoms with E-state index in [9.17, 15) is 13.5 Å². The van der Waals surface area contributed by atoms with Gasteiger partial charge in [-0.25, -0.2) is 8.42 Å². The third-order valence-corrected chi connectivity index (χ3v) is 7.49. The van der Waals surface area contributed by atoms with Crippen molar-refractivity contribution in [1.29, 1.82) is 0 Å². The van der Waals surface area contributed by atoms with E-state index < -0.39 is 9.84 Å². The van der Waals surface area contributed by atoms with Crippen molar-refractivity contribution >= 4 is 33.0 Å². The van der Waals surface area contributed by atoms with Gasteiger partial charge in [0.05, 0.1) is 21.2 Å². The zero-order valence-electron chi connectivity index (χ0n) is 15.2. The van der Waals surface area contributed by atoms with Crippen LogP contribution in [-0.4, -0.2) is 32.1 Å². The van der Waals surface area contributed by atoms with Crippen LogP contribution in [0.1, 0.15) is 26.2 Å². The van der Waals surface area contributed by atoms with Gasteiger partial charge in [0.2, 0.25) is 0 Å². The molecule has 6 heteroatoms. The first-order valence-corrected chi connectivity index (χ1v) is 11.8. The van der Waals surface area contributed by atoms with E-state index in [-0.39, 0.29) is 22.3 Å². The van der Waals surface area contributed by atoms with Crippen LogP contribution >= 0.6 is 11.8 Å². The molecule has 0 bridgehead atoms. The molecule has 0 amide bonds. The number of hydrogen-bond acceptors (Lipinski definition) is 5. The molecule has 0 spiro atoms. The highest BCUT2D eigenvalue weighted by atomic mass is 32.2. The Morgan fingerprint density at radius 2 is 1.96 bits per heavy atom.